The fourth-order valence-corrected chi connectivity index (χ4v) is 1.23. The summed E-state index contributed by atoms with van der Waals surface area (Å²) in [6.45, 7) is 4.25. The number of nitrogens with zero attached hydrogens (tertiary/aromatic N) is 2. The monoisotopic (exact) mass is 203 g/mol. The van der Waals surface area contributed by atoms with Crippen LogP contribution in [0.1, 0.15) is 23.4 Å². The van der Waals surface area contributed by atoms with Gasteiger partial charge in [-0.05, 0) is 25.5 Å². The maximum absolute atomic E-state index is 11.0. The van der Waals surface area contributed by atoms with E-state index in [4.69, 9.17) is 5.26 Å². The maximum atomic E-state index is 11.0. The smallest absolute Gasteiger partial charge is 0.234 e. The predicted octanol–water partition coefficient (Wildman–Crippen LogP) is 1.23. The van der Waals surface area contributed by atoms with Crippen molar-refractivity contribution in [3.8, 4) is 6.07 Å². The summed E-state index contributed by atoms with van der Waals surface area (Å²) >= 11 is 0. The number of hydrogen-bond acceptors (Lipinski definition) is 3. The summed E-state index contributed by atoms with van der Waals surface area (Å²) in [4.78, 5) is 15.3. The average Bonchev–Trinajstić information content (AvgIpc) is 2.17. The van der Waals surface area contributed by atoms with Crippen LogP contribution in [0.2, 0.25) is 0 Å². The number of nitriles is 1. The fourth-order valence-electron chi connectivity index (χ4n) is 1.23. The summed E-state index contributed by atoms with van der Waals surface area (Å²) < 4.78 is 0. The minimum atomic E-state index is -0.252. The molecule has 1 aromatic heterocycles. The fraction of sp³-hybridized carbons (Fsp3) is 0.364. The van der Waals surface area contributed by atoms with E-state index in [-0.39, 0.29) is 12.3 Å². The first-order chi connectivity index (χ1) is 7.13. The molecule has 0 fully saturated rings. The molecule has 0 unspecified atom stereocenters. The highest BCUT2D eigenvalue weighted by Crippen LogP contribution is 2.05. The van der Waals surface area contributed by atoms with Crippen molar-refractivity contribution in [1.29, 1.82) is 5.26 Å². The molecule has 0 radical (unpaired) electrons. The van der Waals surface area contributed by atoms with Crippen molar-refractivity contribution >= 4 is 5.91 Å². The van der Waals surface area contributed by atoms with Crippen LogP contribution in [-0.2, 0) is 11.3 Å². The largest absolute Gasteiger partial charge is 0.351 e. The van der Waals surface area contributed by atoms with E-state index in [1.54, 1.807) is 6.07 Å². The van der Waals surface area contributed by atoms with Crippen LogP contribution in [0.25, 0.3) is 0 Å². The standard InChI is InChI=1S/C11H13N3O/c1-8-3-4-10(9(2)14-8)7-13-11(15)5-6-12/h3-4H,5,7H2,1-2H3,(H,13,15). The van der Waals surface area contributed by atoms with E-state index in [1.807, 2.05) is 26.0 Å². The van der Waals surface area contributed by atoms with Crippen LogP contribution in [0.5, 0.6) is 0 Å². The molecule has 1 aromatic rings. The van der Waals surface area contributed by atoms with Gasteiger partial charge in [-0.15, -0.1) is 0 Å². The molecule has 0 aliphatic carbocycles. The van der Waals surface area contributed by atoms with Crippen molar-refractivity contribution in [2.24, 2.45) is 0 Å². The lowest BCUT2D eigenvalue weighted by molar-refractivity contribution is -0.120. The van der Waals surface area contributed by atoms with Gasteiger partial charge in [-0.25, -0.2) is 0 Å². The highest BCUT2D eigenvalue weighted by molar-refractivity contribution is 5.77. The second-order valence-corrected chi connectivity index (χ2v) is 3.31. The molecule has 0 aromatic carbocycles. The predicted molar refractivity (Wildman–Crippen MR) is 55.8 cm³/mol. The van der Waals surface area contributed by atoms with Crippen LogP contribution in [-0.4, -0.2) is 10.9 Å². The molecule has 0 aliphatic heterocycles. The number of rotatable bonds is 3. The van der Waals surface area contributed by atoms with Crippen molar-refractivity contribution in [3.05, 3.63) is 29.1 Å². The Kier molecular flexibility index (Phi) is 3.81. The maximum Gasteiger partial charge on any atom is 0.234 e. The molecule has 78 valence electrons. The van der Waals surface area contributed by atoms with Crippen LogP contribution in [0.4, 0.5) is 0 Å². The molecule has 0 saturated carbocycles. The summed E-state index contributed by atoms with van der Waals surface area (Å²) in [5.41, 5.74) is 2.85. The number of carbonyl (C=O) groups is 1. The molecule has 0 aliphatic rings. The van der Waals surface area contributed by atoms with Crippen LogP contribution in [0, 0.1) is 25.2 Å². The Hall–Kier alpha value is -1.89. The number of nitrogens with one attached hydrogen (secondary N) is 1. The highest BCUT2D eigenvalue weighted by atomic mass is 16.1. The molecule has 0 saturated heterocycles. The second kappa shape index (κ2) is 5.11. The van der Waals surface area contributed by atoms with Gasteiger partial charge >= 0.3 is 0 Å². The van der Waals surface area contributed by atoms with Crippen LogP contribution < -0.4 is 5.32 Å². The zero-order chi connectivity index (χ0) is 11.3. The topological polar surface area (TPSA) is 65.8 Å². The van der Waals surface area contributed by atoms with E-state index < -0.39 is 0 Å². The minimum absolute atomic E-state index is 0.0989. The van der Waals surface area contributed by atoms with Gasteiger partial charge in [0.05, 0.1) is 6.07 Å². The van der Waals surface area contributed by atoms with E-state index in [0.29, 0.717) is 6.54 Å². The third kappa shape index (κ3) is 3.39. The first-order valence-electron chi connectivity index (χ1n) is 4.70. The SMILES string of the molecule is Cc1ccc(CNC(=O)CC#N)c(C)n1. The lowest BCUT2D eigenvalue weighted by atomic mass is 10.2. The molecular weight excluding hydrogens is 190 g/mol. The molecule has 1 N–H and O–H groups in total. The molecule has 0 atom stereocenters. The van der Waals surface area contributed by atoms with Gasteiger partial charge in [0.2, 0.25) is 5.91 Å². The van der Waals surface area contributed by atoms with Gasteiger partial charge in [0, 0.05) is 17.9 Å². The first-order valence-corrected chi connectivity index (χ1v) is 4.70. The lowest BCUT2D eigenvalue weighted by Crippen LogP contribution is -2.22. The summed E-state index contributed by atoms with van der Waals surface area (Å²) in [5, 5.41) is 11.0. The third-order valence-electron chi connectivity index (χ3n) is 2.05. The number of amides is 1. The average molecular weight is 203 g/mol. The summed E-state index contributed by atoms with van der Waals surface area (Å²) in [7, 11) is 0. The molecule has 1 amide bonds. The Morgan fingerprint density at radius 2 is 2.27 bits per heavy atom. The van der Waals surface area contributed by atoms with Gasteiger partial charge in [0.15, 0.2) is 0 Å². The zero-order valence-electron chi connectivity index (χ0n) is 8.87. The van der Waals surface area contributed by atoms with Crippen molar-refractivity contribution < 1.29 is 4.79 Å². The minimum Gasteiger partial charge on any atom is -0.351 e. The molecule has 4 heteroatoms. The summed E-state index contributed by atoms with van der Waals surface area (Å²) in [6, 6.07) is 5.64. The summed E-state index contributed by atoms with van der Waals surface area (Å²) in [5.74, 6) is -0.252. The van der Waals surface area contributed by atoms with E-state index in [1.165, 1.54) is 0 Å². The van der Waals surface area contributed by atoms with Crippen LogP contribution in [0.15, 0.2) is 12.1 Å². The van der Waals surface area contributed by atoms with Gasteiger partial charge in [-0.3, -0.25) is 9.78 Å². The molecule has 1 heterocycles. The molecular formula is C11H13N3O. The quantitative estimate of drug-likeness (QED) is 0.803. The summed E-state index contributed by atoms with van der Waals surface area (Å²) in [6.07, 6.45) is -0.0989. The van der Waals surface area contributed by atoms with Crippen molar-refractivity contribution in [1.82, 2.24) is 10.3 Å². The van der Waals surface area contributed by atoms with Crippen molar-refractivity contribution in [2.45, 2.75) is 26.8 Å². The zero-order valence-corrected chi connectivity index (χ0v) is 8.87. The van der Waals surface area contributed by atoms with E-state index in [2.05, 4.69) is 10.3 Å². The molecule has 0 bridgehead atoms. The Labute approximate surface area is 88.9 Å². The number of carbonyl (C=O) groups excluding carboxylic acids is 1. The normalized spacial score (nSPS) is 9.40. The Morgan fingerprint density at radius 3 is 2.87 bits per heavy atom. The van der Waals surface area contributed by atoms with Crippen LogP contribution in [0.3, 0.4) is 0 Å². The van der Waals surface area contributed by atoms with Gasteiger partial charge in [0.1, 0.15) is 6.42 Å². The van der Waals surface area contributed by atoms with Gasteiger partial charge in [0.25, 0.3) is 0 Å². The highest BCUT2D eigenvalue weighted by Gasteiger charge is 2.02. The Balaban J connectivity index is 2.59. The lowest BCUT2D eigenvalue weighted by Gasteiger charge is -2.06. The molecule has 0 spiro atoms. The number of aromatic nitrogens is 1. The Bertz CT molecular complexity index is 407. The van der Waals surface area contributed by atoms with E-state index in [9.17, 15) is 4.79 Å². The van der Waals surface area contributed by atoms with E-state index >= 15 is 0 Å². The molecule has 4 nitrogen and oxygen atoms in total. The van der Waals surface area contributed by atoms with E-state index in [0.717, 1.165) is 17.0 Å². The third-order valence-corrected chi connectivity index (χ3v) is 2.05. The molecule has 15 heavy (non-hydrogen) atoms. The first kappa shape index (κ1) is 11.2. The Morgan fingerprint density at radius 1 is 1.53 bits per heavy atom. The van der Waals surface area contributed by atoms with Gasteiger partial charge < -0.3 is 5.32 Å². The van der Waals surface area contributed by atoms with Crippen LogP contribution >= 0.6 is 0 Å². The van der Waals surface area contributed by atoms with Gasteiger partial charge in [-0.1, -0.05) is 6.07 Å². The number of pyridine rings is 1. The molecule has 1 rings (SSSR count). The number of hydrogen-bond donors (Lipinski definition) is 1. The second-order valence-electron chi connectivity index (χ2n) is 3.31. The van der Waals surface area contributed by atoms with Crippen molar-refractivity contribution in [2.75, 3.05) is 0 Å². The number of aryl methyl sites for hydroxylation is 2. The van der Waals surface area contributed by atoms with Gasteiger partial charge in [-0.2, -0.15) is 5.26 Å². The van der Waals surface area contributed by atoms with Crippen molar-refractivity contribution in [3.63, 3.8) is 0 Å².